The van der Waals surface area contributed by atoms with Crippen molar-refractivity contribution in [3.63, 3.8) is 0 Å². The number of hydrogen-bond acceptors (Lipinski definition) is 5. The molecule has 2 aromatic carbocycles. The quantitative estimate of drug-likeness (QED) is 0.534. The van der Waals surface area contributed by atoms with Gasteiger partial charge in [0.25, 0.3) is 0 Å². The van der Waals surface area contributed by atoms with Crippen molar-refractivity contribution in [2.45, 2.75) is 26.2 Å². The number of fused-ring (bicyclic) bond motifs is 3. The van der Waals surface area contributed by atoms with Crippen LogP contribution in [0.4, 0.5) is 5.82 Å². The number of aromatic nitrogens is 3. The largest absolute Gasteiger partial charge is 0.382 e. The molecule has 0 radical (unpaired) electrons. The summed E-state index contributed by atoms with van der Waals surface area (Å²) in [4.78, 5) is 11.2. The fraction of sp³-hybridized carbons (Fsp3) is 0.238. The molecule has 6 nitrogen and oxygen atoms in total. The maximum absolute atomic E-state index is 9.92. The minimum atomic E-state index is -0.567. The highest BCUT2D eigenvalue weighted by atomic mass is 16.3. The molecule has 0 spiro atoms. The van der Waals surface area contributed by atoms with Gasteiger partial charge in [-0.1, -0.05) is 48.5 Å². The lowest BCUT2D eigenvalue weighted by molar-refractivity contribution is 0.0307. The summed E-state index contributed by atoms with van der Waals surface area (Å²) >= 11 is 0. The molecule has 0 bridgehead atoms. The lowest BCUT2D eigenvalue weighted by atomic mass is 10.1. The van der Waals surface area contributed by atoms with Crippen molar-refractivity contribution < 1.29 is 5.11 Å². The van der Waals surface area contributed by atoms with Crippen LogP contribution in [0, 0.1) is 0 Å². The Morgan fingerprint density at radius 1 is 1.07 bits per heavy atom. The van der Waals surface area contributed by atoms with Crippen LogP contribution < -0.4 is 5.73 Å². The number of aliphatic hydroxyl groups is 1. The fourth-order valence-electron chi connectivity index (χ4n) is 3.32. The van der Waals surface area contributed by atoms with Gasteiger partial charge in [-0.3, -0.25) is 4.90 Å². The van der Waals surface area contributed by atoms with Crippen LogP contribution >= 0.6 is 0 Å². The molecular formula is C21H23N5O. The molecule has 1 atom stereocenters. The molecule has 0 amide bonds. The fourth-order valence-corrected chi connectivity index (χ4v) is 3.32. The Morgan fingerprint density at radius 3 is 2.52 bits per heavy atom. The average Bonchev–Trinajstić information content (AvgIpc) is 3.01. The molecule has 1 unspecified atom stereocenters. The van der Waals surface area contributed by atoms with E-state index < -0.39 is 6.23 Å². The monoisotopic (exact) mass is 361 g/mol. The maximum atomic E-state index is 9.92. The van der Waals surface area contributed by atoms with Crippen molar-refractivity contribution in [2.24, 2.45) is 0 Å². The van der Waals surface area contributed by atoms with Crippen molar-refractivity contribution >= 4 is 27.8 Å². The first-order valence-electron chi connectivity index (χ1n) is 9.00. The van der Waals surface area contributed by atoms with E-state index in [-0.39, 0.29) is 0 Å². The van der Waals surface area contributed by atoms with E-state index >= 15 is 0 Å². The number of para-hydroxylation sites is 1. The molecule has 0 aliphatic heterocycles. The molecule has 6 heteroatoms. The van der Waals surface area contributed by atoms with Crippen LogP contribution in [0.1, 0.15) is 18.3 Å². The van der Waals surface area contributed by atoms with Crippen LogP contribution in [-0.2, 0) is 13.1 Å². The second kappa shape index (κ2) is 6.98. The Bertz CT molecular complexity index is 1090. The van der Waals surface area contributed by atoms with Gasteiger partial charge in [-0.05, 0) is 25.6 Å². The smallest absolute Gasteiger partial charge is 0.152 e. The number of nitrogen functional groups attached to an aromatic ring is 1. The summed E-state index contributed by atoms with van der Waals surface area (Å²) in [5, 5.41) is 10.9. The highest BCUT2D eigenvalue weighted by Gasteiger charge is 2.19. The Labute approximate surface area is 157 Å². The summed E-state index contributed by atoms with van der Waals surface area (Å²) in [7, 11) is 1.87. The molecule has 0 saturated heterocycles. The van der Waals surface area contributed by atoms with E-state index in [2.05, 4.69) is 27.8 Å². The van der Waals surface area contributed by atoms with Gasteiger partial charge in [-0.15, -0.1) is 0 Å². The van der Waals surface area contributed by atoms with Gasteiger partial charge < -0.3 is 15.4 Å². The van der Waals surface area contributed by atoms with E-state index in [4.69, 9.17) is 10.7 Å². The third-order valence-electron chi connectivity index (χ3n) is 4.90. The molecule has 27 heavy (non-hydrogen) atoms. The van der Waals surface area contributed by atoms with Crippen molar-refractivity contribution in [2.75, 3.05) is 12.8 Å². The zero-order valence-electron chi connectivity index (χ0n) is 15.5. The van der Waals surface area contributed by atoms with E-state index in [0.717, 1.165) is 22.2 Å². The molecule has 0 aliphatic carbocycles. The minimum Gasteiger partial charge on any atom is -0.382 e. The third-order valence-corrected chi connectivity index (χ3v) is 4.90. The number of benzene rings is 2. The zero-order valence-corrected chi connectivity index (χ0v) is 15.5. The predicted octanol–water partition coefficient (Wildman–Crippen LogP) is 2.99. The summed E-state index contributed by atoms with van der Waals surface area (Å²) in [6.07, 6.45) is -0.567. The van der Waals surface area contributed by atoms with E-state index in [1.165, 1.54) is 5.56 Å². The second-order valence-corrected chi connectivity index (χ2v) is 6.86. The van der Waals surface area contributed by atoms with Gasteiger partial charge in [-0.2, -0.15) is 0 Å². The van der Waals surface area contributed by atoms with Crippen molar-refractivity contribution in [3.05, 3.63) is 66.0 Å². The maximum Gasteiger partial charge on any atom is 0.152 e. The van der Waals surface area contributed by atoms with Crippen molar-refractivity contribution in [1.82, 2.24) is 19.4 Å². The van der Waals surface area contributed by atoms with Crippen LogP contribution in [0.25, 0.3) is 21.9 Å². The topological polar surface area (TPSA) is 80.2 Å². The molecule has 0 aliphatic rings. The molecular weight excluding hydrogens is 338 g/mol. The number of pyridine rings is 1. The second-order valence-electron chi connectivity index (χ2n) is 6.86. The van der Waals surface area contributed by atoms with Crippen molar-refractivity contribution in [1.29, 1.82) is 0 Å². The van der Waals surface area contributed by atoms with Gasteiger partial charge in [0.15, 0.2) is 5.82 Å². The summed E-state index contributed by atoms with van der Waals surface area (Å²) < 4.78 is 2.18. The Balaban J connectivity index is 1.96. The third kappa shape index (κ3) is 3.25. The highest BCUT2D eigenvalue weighted by Crippen LogP contribution is 2.29. The molecule has 2 aromatic heterocycles. The molecule has 4 aromatic rings. The lowest BCUT2D eigenvalue weighted by Crippen LogP contribution is -2.29. The number of hydrogen-bond donors (Lipinski definition) is 2. The van der Waals surface area contributed by atoms with E-state index in [9.17, 15) is 5.11 Å². The molecule has 0 fully saturated rings. The van der Waals surface area contributed by atoms with Crippen LogP contribution in [0.2, 0.25) is 0 Å². The van der Waals surface area contributed by atoms with E-state index in [1.807, 2.05) is 48.3 Å². The van der Waals surface area contributed by atoms with Gasteiger partial charge >= 0.3 is 0 Å². The SMILES string of the molecule is CC(O)N(C)Cc1nc2c(N)nc3ccccc3c2n1Cc1ccccc1. The van der Waals surface area contributed by atoms with Crippen LogP contribution in [0.3, 0.4) is 0 Å². The normalized spacial score (nSPS) is 12.9. The molecule has 138 valence electrons. The van der Waals surface area contributed by atoms with Gasteiger partial charge in [0.1, 0.15) is 17.6 Å². The first kappa shape index (κ1) is 17.5. The highest BCUT2D eigenvalue weighted by molar-refractivity contribution is 6.06. The first-order chi connectivity index (χ1) is 13.0. The molecule has 0 saturated carbocycles. The Morgan fingerprint density at radius 2 is 1.78 bits per heavy atom. The number of rotatable bonds is 5. The van der Waals surface area contributed by atoms with Crippen LogP contribution in [0.15, 0.2) is 54.6 Å². The Hall–Kier alpha value is -2.96. The van der Waals surface area contributed by atoms with Gasteiger partial charge in [0.2, 0.25) is 0 Å². The standard InChI is InChI=1S/C21H23N5O/c1-14(27)25(2)13-18-24-19-20(26(18)12-15-8-4-3-5-9-15)16-10-6-7-11-17(16)23-21(19)22/h3-11,14,27H,12-13H2,1-2H3,(H2,22,23). The number of imidazole rings is 1. The zero-order chi connectivity index (χ0) is 19.0. The predicted molar refractivity (Wildman–Crippen MR) is 108 cm³/mol. The number of aliphatic hydroxyl groups excluding tert-OH is 1. The van der Waals surface area contributed by atoms with Crippen LogP contribution in [0.5, 0.6) is 0 Å². The Kier molecular flexibility index (Phi) is 4.51. The summed E-state index contributed by atoms with van der Waals surface area (Å²) in [5.41, 5.74) is 9.96. The van der Waals surface area contributed by atoms with Gasteiger partial charge in [0, 0.05) is 11.9 Å². The van der Waals surface area contributed by atoms with Gasteiger partial charge in [0.05, 0.1) is 17.6 Å². The first-order valence-corrected chi connectivity index (χ1v) is 9.00. The molecule has 2 heterocycles. The number of nitrogens with two attached hydrogens (primary N) is 1. The summed E-state index contributed by atoms with van der Waals surface area (Å²) in [5.74, 6) is 1.28. The summed E-state index contributed by atoms with van der Waals surface area (Å²) in [6, 6.07) is 18.2. The van der Waals surface area contributed by atoms with E-state index in [1.54, 1.807) is 6.92 Å². The number of anilines is 1. The minimum absolute atomic E-state index is 0.427. The van der Waals surface area contributed by atoms with E-state index in [0.29, 0.717) is 24.4 Å². The average molecular weight is 361 g/mol. The number of nitrogens with zero attached hydrogens (tertiary/aromatic N) is 4. The summed E-state index contributed by atoms with van der Waals surface area (Å²) in [6.45, 7) is 2.93. The molecule has 3 N–H and O–H groups in total. The van der Waals surface area contributed by atoms with Crippen LogP contribution in [-0.4, -0.2) is 37.8 Å². The van der Waals surface area contributed by atoms with Gasteiger partial charge in [-0.25, -0.2) is 9.97 Å². The lowest BCUT2D eigenvalue weighted by Gasteiger charge is -2.20. The molecule has 4 rings (SSSR count). The van der Waals surface area contributed by atoms with Crippen molar-refractivity contribution in [3.8, 4) is 0 Å².